The lowest BCUT2D eigenvalue weighted by Gasteiger charge is -2.35. The highest BCUT2D eigenvalue weighted by molar-refractivity contribution is 5.95. The van der Waals surface area contributed by atoms with E-state index in [1.165, 1.54) is 0 Å². The molecule has 3 aromatic rings. The summed E-state index contributed by atoms with van der Waals surface area (Å²) in [6.07, 6.45) is 6.29. The van der Waals surface area contributed by atoms with E-state index in [1.54, 1.807) is 17.1 Å². The van der Waals surface area contributed by atoms with Crippen molar-refractivity contribution in [1.82, 2.24) is 29.5 Å². The summed E-state index contributed by atoms with van der Waals surface area (Å²) < 4.78 is 9.54. The summed E-state index contributed by atoms with van der Waals surface area (Å²) in [7, 11) is 1.94. The normalized spacial score (nSPS) is 16.8. The van der Waals surface area contributed by atoms with Crippen LogP contribution in [0.25, 0.3) is 5.69 Å². The second kappa shape index (κ2) is 8.48. The fourth-order valence-corrected chi connectivity index (χ4v) is 3.55. The number of hydrogen-bond donors (Lipinski definition) is 1. The molecule has 1 N–H and O–H groups in total. The van der Waals surface area contributed by atoms with Gasteiger partial charge in [0, 0.05) is 39.1 Å². The van der Waals surface area contributed by atoms with Gasteiger partial charge in [0.05, 0.1) is 18.5 Å². The molecule has 8 nitrogen and oxygen atoms in total. The molecule has 29 heavy (non-hydrogen) atoms. The molecular weight excluding hydrogens is 368 g/mol. The maximum atomic E-state index is 13.6. The Morgan fingerprint density at radius 3 is 2.86 bits per heavy atom. The van der Waals surface area contributed by atoms with Gasteiger partial charge >= 0.3 is 0 Å². The molecule has 1 amide bonds. The quantitative estimate of drug-likeness (QED) is 0.693. The number of aromatic nitrogens is 4. The number of rotatable bonds is 6. The fourth-order valence-electron chi connectivity index (χ4n) is 3.55. The number of ether oxygens (including phenoxy) is 1. The molecule has 0 radical (unpaired) electrons. The van der Waals surface area contributed by atoms with E-state index in [1.807, 2.05) is 60.0 Å². The molecule has 1 aliphatic heterocycles. The number of aryl methyl sites for hydroxylation is 1. The third kappa shape index (κ3) is 3.88. The molecule has 1 aliphatic rings. The highest BCUT2D eigenvalue weighted by atomic mass is 16.5. The van der Waals surface area contributed by atoms with Crippen LogP contribution < -0.4 is 10.1 Å². The van der Waals surface area contributed by atoms with Gasteiger partial charge in [-0.2, -0.15) is 5.10 Å². The number of carbonyl (C=O) groups is 1. The van der Waals surface area contributed by atoms with Gasteiger partial charge in [-0.15, -0.1) is 0 Å². The molecule has 1 unspecified atom stereocenters. The molecule has 1 fully saturated rings. The zero-order chi connectivity index (χ0) is 20.2. The standard InChI is InChI=1S/C21H26N6O2/c1-3-13-29-18-15-27(16-7-5-4-6-8-16)24-19(18)21(28)26-12-9-22-14-17(26)20-23-10-11-25(20)2/h4-8,10-11,15,17,22H,3,9,12-14H2,1-2H3. The molecule has 0 bridgehead atoms. The molecule has 152 valence electrons. The Balaban J connectivity index is 1.69. The van der Waals surface area contributed by atoms with Crippen LogP contribution in [0.5, 0.6) is 5.75 Å². The van der Waals surface area contributed by atoms with Crippen molar-refractivity contribution in [2.45, 2.75) is 19.4 Å². The lowest BCUT2D eigenvalue weighted by molar-refractivity contribution is 0.0610. The monoisotopic (exact) mass is 394 g/mol. The summed E-state index contributed by atoms with van der Waals surface area (Å²) in [4.78, 5) is 19.9. The second-order valence-electron chi connectivity index (χ2n) is 7.09. The Morgan fingerprint density at radius 1 is 1.31 bits per heavy atom. The number of hydrogen-bond acceptors (Lipinski definition) is 5. The number of nitrogens with zero attached hydrogens (tertiary/aromatic N) is 5. The molecule has 8 heteroatoms. The molecular formula is C21H26N6O2. The van der Waals surface area contributed by atoms with Crippen molar-refractivity contribution in [1.29, 1.82) is 0 Å². The molecule has 2 aromatic heterocycles. The van der Waals surface area contributed by atoms with Crippen LogP contribution >= 0.6 is 0 Å². The average Bonchev–Trinajstić information content (AvgIpc) is 3.38. The van der Waals surface area contributed by atoms with E-state index in [0.29, 0.717) is 31.1 Å². The smallest absolute Gasteiger partial charge is 0.278 e. The molecule has 1 aromatic carbocycles. The Hall–Kier alpha value is -3.13. The Morgan fingerprint density at radius 2 is 2.14 bits per heavy atom. The number of benzene rings is 1. The molecule has 3 heterocycles. The van der Waals surface area contributed by atoms with Crippen LogP contribution in [0.2, 0.25) is 0 Å². The first kappa shape index (κ1) is 19.2. The predicted molar refractivity (Wildman–Crippen MR) is 109 cm³/mol. The number of para-hydroxylation sites is 1. The predicted octanol–water partition coefficient (Wildman–Crippen LogP) is 2.18. The zero-order valence-corrected chi connectivity index (χ0v) is 16.8. The SMILES string of the molecule is CCCOc1cn(-c2ccccc2)nc1C(=O)N1CCNCC1c1nccn1C. The van der Waals surface area contributed by atoms with Gasteiger partial charge in [-0.05, 0) is 18.6 Å². The van der Waals surface area contributed by atoms with E-state index in [2.05, 4.69) is 15.4 Å². The number of piperazine rings is 1. The molecule has 4 rings (SSSR count). The molecule has 1 atom stereocenters. The minimum atomic E-state index is -0.155. The summed E-state index contributed by atoms with van der Waals surface area (Å²) in [5, 5.41) is 7.96. The van der Waals surface area contributed by atoms with E-state index < -0.39 is 0 Å². The first-order chi connectivity index (χ1) is 14.2. The lowest BCUT2D eigenvalue weighted by Crippen LogP contribution is -2.49. The van der Waals surface area contributed by atoms with Crippen molar-refractivity contribution in [3.63, 3.8) is 0 Å². The number of nitrogens with one attached hydrogen (secondary N) is 1. The maximum absolute atomic E-state index is 13.6. The van der Waals surface area contributed by atoms with Crippen LogP contribution in [0.3, 0.4) is 0 Å². The Kier molecular flexibility index (Phi) is 5.62. The minimum Gasteiger partial charge on any atom is -0.489 e. The summed E-state index contributed by atoms with van der Waals surface area (Å²) >= 11 is 0. The van der Waals surface area contributed by atoms with Gasteiger partial charge in [-0.25, -0.2) is 9.67 Å². The van der Waals surface area contributed by atoms with Crippen LogP contribution in [0, 0.1) is 0 Å². The van der Waals surface area contributed by atoms with Crippen molar-refractivity contribution in [2.75, 3.05) is 26.2 Å². The first-order valence-electron chi connectivity index (χ1n) is 9.96. The van der Waals surface area contributed by atoms with E-state index in [9.17, 15) is 4.79 Å². The van der Waals surface area contributed by atoms with Gasteiger partial charge < -0.3 is 19.5 Å². The van der Waals surface area contributed by atoms with Crippen LogP contribution in [0.1, 0.15) is 35.7 Å². The average molecular weight is 394 g/mol. The highest BCUT2D eigenvalue weighted by Gasteiger charge is 2.34. The summed E-state index contributed by atoms with van der Waals surface area (Å²) in [5.41, 5.74) is 1.22. The van der Waals surface area contributed by atoms with Gasteiger partial charge in [0.15, 0.2) is 11.4 Å². The highest BCUT2D eigenvalue weighted by Crippen LogP contribution is 2.27. The van der Waals surface area contributed by atoms with Crippen LogP contribution in [-0.4, -0.2) is 56.4 Å². The largest absolute Gasteiger partial charge is 0.489 e. The van der Waals surface area contributed by atoms with Crippen LogP contribution in [0.4, 0.5) is 0 Å². The Labute approximate surface area is 170 Å². The second-order valence-corrected chi connectivity index (χ2v) is 7.09. The Bertz CT molecular complexity index is 965. The van der Waals surface area contributed by atoms with Gasteiger partial charge in [-0.1, -0.05) is 25.1 Å². The molecule has 0 aliphatic carbocycles. The molecule has 0 saturated carbocycles. The van der Waals surface area contributed by atoms with Crippen molar-refractivity contribution in [3.05, 3.63) is 60.4 Å². The summed E-state index contributed by atoms with van der Waals surface area (Å²) in [6.45, 7) is 4.54. The number of carbonyl (C=O) groups excluding carboxylic acids is 1. The van der Waals surface area contributed by atoms with Crippen molar-refractivity contribution in [3.8, 4) is 11.4 Å². The van der Waals surface area contributed by atoms with Gasteiger partial charge in [0.25, 0.3) is 5.91 Å². The number of imidazole rings is 1. The van der Waals surface area contributed by atoms with Crippen LogP contribution in [0.15, 0.2) is 48.9 Å². The minimum absolute atomic E-state index is 0.139. The van der Waals surface area contributed by atoms with Crippen molar-refractivity contribution >= 4 is 5.91 Å². The van der Waals surface area contributed by atoms with E-state index in [0.717, 1.165) is 24.5 Å². The van der Waals surface area contributed by atoms with E-state index in [4.69, 9.17) is 4.74 Å². The van der Waals surface area contributed by atoms with Crippen molar-refractivity contribution in [2.24, 2.45) is 7.05 Å². The first-order valence-corrected chi connectivity index (χ1v) is 9.96. The summed E-state index contributed by atoms with van der Waals surface area (Å²) in [6, 6.07) is 9.58. The summed E-state index contributed by atoms with van der Waals surface area (Å²) in [5.74, 6) is 1.22. The van der Waals surface area contributed by atoms with Crippen LogP contribution in [-0.2, 0) is 7.05 Å². The third-order valence-electron chi connectivity index (χ3n) is 5.03. The van der Waals surface area contributed by atoms with Crippen molar-refractivity contribution < 1.29 is 9.53 Å². The topological polar surface area (TPSA) is 77.2 Å². The zero-order valence-electron chi connectivity index (χ0n) is 16.8. The third-order valence-corrected chi connectivity index (χ3v) is 5.03. The maximum Gasteiger partial charge on any atom is 0.278 e. The number of amides is 1. The van der Waals surface area contributed by atoms with Gasteiger partial charge in [0.2, 0.25) is 0 Å². The molecule has 0 spiro atoms. The van der Waals surface area contributed by atoms with Gasteiger partial charge in [0.1, 0.15) is 11.9 Å². The van der Waals surface area contributed by atoms with E-state index >= 15 is 0 Å². The fraction of sp³-hybridized carbons (Fsp3) is 0.381. The van der Waals surface area contributed by atoms with Gasteiger partial charge in [-0.3, -0.25) is 4.79 Å². The lowest BCUT2D eigenvalue weighted by atomic mass is 10.1. The van der Waals surface area contributed by atoms with E-state index in [-0.39, 0.29) is 11.9 Å². The molecule has 1 saturated heterocycles.